The Kier molecular flexibility index (Phi) is 9.75. The lowest BCUT2D eigenvalue weighted by Crippen LogP contribution is -2.23. The number of hydrogen-bond donors (Lipinski definition) is 0. The fourth-order valence-corrected chi connectivity index (χ4v) is 4.55. The van der Waals surface area contributed by atoms with Crippen LogP contribution in [0, 0.1) is 5.92 Å². The zero-order chi connectivity index (χ0) is 23.8. The van der Waals surface area contributed by atoms with Crippen molar-refractivity contribution >= 4 is 28.6 Å². The second-order valence-electron chi connectivity index (χ2n) is 9.03. The summed E-state index contributed by atoms with van der Waals surface area (Å²) in [4.78, 5) is 13.0. The number of rotatable bonds is 11. The summed E-state index contributed by atoms with van der Waals surface area (Å²) in [5, 5.41) is 0. The summed E-state index contributed by atoms with van der Waals surface area (Å²) in [5.74, 6) is -0.00898. The van der Waals surface area contributed by atoms with E-state index in [1.54, 1.807) is 0 Å². The second kappa shape index (κ2) is 12.5. The number of allylic oxidation sites excluding steroid dienone is 1. The molecule has 0 aromatic heterocycles. The van der Waals surface area contributed by atoms with E-state index in [2.05, 4.69) is 61.7 Å². The first-order chi connectivity index (χ1) is 15.9. The van der Waals surface area contributed by atoms with Crippen molar-refractivity contribution < 1.29 is 14.3 Å². The maximum atomic E-state index is 13.0. The van der Waals surface area contributed by atoms with Crippen molar-refractivity contribution in [3.05, 3.63) is 82.5 Å². The maximum Gasteiger partial charge on any atom is 0.338 e. The molecule has 0 amide bonds. The smallest absolute Gasteiger partial charge is 0.338 e. The largest absolute Gasteiger partial charge is 0.459 e. The zero-order valence-corrected chi connectivity index (χ0v) is 21.9. The van der Waals surface area contributed by atoms with Gasteiger partial charge in [-0.25, -0.2) is 4.79 Å². The SMILES string of the molecule is C=C(I)[C@H](C)C[C@@H](CC[C@@H]1O[C@@H](CCC)CC1=C)OC(=O)c1ccc(-c2ccccc2)cc1. The van der Waals surface area contributed by atoms with E-state index in [-0.39, 0.29) is 30.2 Å². The summed E-state index contributed by atoms with van der Waals surface area (Å²) in [5.41, 5.74) is 3.95. The first kappa shape index (κ1) is 25.7. The standard InChI is InChI=1S/C29H35IO3/c1-5-9-26-19-21(3)28(32-26)17-16-27(18-20(2)22(4)30)33-29(31)25-14-12-24(13-15-25)23-10-7-6-8-11-23/h6-8,10-15,20,26-28H,3-5,9,16-19H2,1-2H3/t20-,26+,27-,28+/m1/s1. The molecule has 0 aliphatic carbocycles. The van der Waals surface area contributed by atoms with Crippen molar-refractivity contribution in [2.75, 3.05) is 0 Å². The minimum atomic E-state index is -0.277. The van der Waals surface area contributed by atoms with Gasteiger partial charge in [0.1, 0.15) is 6.10 Å². The Morgan fingerprint density at radius 2 is 1.79 bits per heavy atom. The fourth-order valence-electron chi connectivity index (χ4n) is 4.30. The minimum absolute atomic E-state index is 0.0611. The van der Waals surface area contributed by atoms with E-state index in [0.29, 0.717) is 5.56 Å². The number of hydrogen-bond acceptors (Lipinski definition) is 3. The molecule has 1 aliphatic rings. The lowest BCUT2D eigenvalue weighted by atomic mass is 9.97. The molecule has 0 spiro atoms. The number of halogens is 1. The van der Waals surface area contributed by atoms with Crippen molar-refractivity contribution in [3.8, 4) is 11.1 Å². The molecule has 1 aliphatic heterocycles. The third-order valence-electron chi connectivity index (χ3n) is 6.32. The van der Waals surface area contributed by atoms with Gasteiger partial charge in [0.05, 0.1) is 17.8 Å². The maximum absolute atomic E-state index is 13.0. The Morgan fingerprint density at radius 3 is 2.42 bits per heavy atom. The van der Waals surface area contributed by atoms with Gasteiger partial charge in [-0.15, -0.1) is 0 Å². The van der Waals surface area contributed by atoms with Crippen molar-refractivity contribution in [1.82, 2.24) is 0 Å². The number of carbonyl (C=O) groups excluding carboxylic acids is 1. The van der Waals surface area contributed by atoms with Crippen LogP contribution in [0.25, 0.3) is 11.1 Å². The molecule has 0 radical (unpaired) electrons. The van der Waals surface area contributed by atoms with Gasteiger partial charge in [-0.05, 0) is 93.0 Å². The van der Waals surface area contributed by atoms with Crippen LogP contribution in [0.5, 0.6) is 0 Å². The molecule has 0 N–H and O–H groups in total. The Labute approximate surface area is 212 Å². The lowest BCUT2D eigenvalue weighted by molar-refractivity contribution is 0.0104. The average molecular weight is 559 g/mol. The third-order valence-corrected chi connectivity index (χ3v) is 7.38. The van der Waals surface area contributed by atoms with Gasteiger partial charge in [-0.2, -0.15) is 0 Å². The first-order valence-electron chi connectivity index (χ1n) is 11.9. The normalized spacial score (nSPS) is 19.8. The molecular weight excluding hydrogens is 523 g/mol. The Hall–Kier alpha value is -1.92. The second-order valence-corrected chi connectivity index (χ2v) is 10.4. The molecule has 0 unspecified atom stereocenters. The molecule has 1 heterocycles. The van der Waals surface area contributed by atoms with Gasteiger partial charge in [0, 0.05) is 0 Å². The summed E-state index contributed by atoms with van der Waals surface area (Å²) >= 11 is 2.26. The molecule has 4 heteroatoms. The molecule has 1 fully saturated rings. The highest BCUT2D eigenvalue weighted by Gasteiger charge is 2.29. The molecular formula is C29H35IO3. The number of carbonyl (C=O) groups is 1. The first-order valence-corrected chi connectivity index (χ1v) is 13.0. The third kappa shape index (κ3) is 7.54. The van der Waals surface area contributed by atoms with Crippen LogP contribution in [-0.4, -0.2) is 24.3 Å². The van der Waals surface area contributed by atoms with Crippen LogP contribution in [0.4, 0.5) is 0 Å². The summed E-state index contributed by atoms with van der Waals surface area (Å²) in [6.45, 7) is 12.6. The van der Waals surface area contributed by atoms with Crippen LogP contribution < -0.4 is 0 Å². The van der Waals surface area contributed by atoms with Crippen molar-refractivity contribution in [3.63, 3.8) is 0 Å². The van der Waals surface area contributed by atoms with Gasteiger partial charge in [0.25, 0.3) is 0 Å². The van der Waals surface area contributed by atoms with E-state index in [1.165, 1.54) is 5.57 Å². The van der Waals surface area contributed by atoms with Gasteiger partial charge in [0.15, 0.2) is 0 Å². The van der Waals surface area contributed by atoms with Crippen LogP contribution >= 0.6 is 22.6 Å². The summed E-state index contributed by atoms with van der Waals surface area (Å²) < 4.78 is 13.3. The van der Waals surface area contributed by atoms with E-state index in [9.17, 15) is 4.79 Å². The topological polar surface area (TPSA) is 35.5 Å². The van der Waals surface area contributed by atoms with E-state index in [4.69, 9.17) is 9.47 Å². The van der Waals surface area contributed by atoms with Gasteiger partial charge < -0.3 is 9.47 Å². The zero-order valence-electron chi connectivity index (χ0n) is 19.8. The van der Waals surface area contributed by atoms with E-state index in [0.717, 1.165) is 53.2 Å². The Balaban J connectivity index is 1.63. The predicted molar refractivity (Wildman–Crippen MR) is 145 cm³/mol. The molecule has 3 rings (SSSR count). The van der Waals surface area contributed by atoms with E-state index < -0.39 is 0 Å². The van der Waals surface area contributed by atoms with Crippen LogP contribution in [0.3, 0.4) is 0 Å². The van der Waals surface area contributed by atoms with Crippen molar-refractivity contribution in [2.24, 2.45) is 5.92 Å². The summed E-state index contributed by atoms with van der Waals surface area (Å²) in [7, 11) is 0. The summed E-state index contributed by atoms with van der Waals surface area (Å²) in [6, 6.07) is 17.8. The Morgan fingerprint density at radius 1 is 1.12 bits per heavy atom. The molecule has 2 aromatic carbocycles. The average Bonchev–Trinajstić information content (AvgIpc) is 3.17. The molecule has 33 heavy (non-hydrogen) atoms. The highest BCUT2D eigenvalue weighted by atomic mass is 127. The lowest BCUT2D eigenvalue weighted by Gasteiger charge is -2.23. The number of benzene rings is 2. The molecule has 0 bridgehead atoms. The highest BCUT2D eigenvalue weighted by molar-refractivity contribution is 14.1. The monoisotopic (exact) mass is 558 g/mol. The van der Waals surface area contributed by atoms with Gasteiger partial charge >= 0.3 is 5.97 Å². The molecule has 1 saturated heterocycles. The fraction of sp³-hybridized carbons (Fsp3) is 0.414. The van der Waals surface area contributed by atoms with Crippen molar-refractivity contribution in [1.29, 1.82) is 0 Å². The van der Waals surface area contributed by atoms with Crippen LogP contribution in [-0.2, 0) is 9.47 Å². The molecule has 2 aromatic rings. The highest BCUT2D eigenvalue weighted by Crippen LogP contribution is 2.32. The number of esters is 1. The number of ether oxygens (including phenoxy) is 2. The van der Waals surface area contributed by atoms with E-state index >= 15 is 0 Å². The van der Waals surface area contributed by atoms with Crippen LogP contribution in [0.1, 0.15) is 62.7 Å². The predicted octanol–water partition coefficient (Wildman–Crippen LogP) is 8.15. The molecule has 3 nitrogen and oxygen atoms in total. The summed E-state index contributed by atoms with van der Waals surface area (Å²) in [6.07, 6.45) is 5.62. The van der Waals surface area contributed by atoms with E-state index in [1.807, 2.05) is 42.5 Å². The molecule has 4 atom stereocenters. The quantitative estimate of drug-likeness (QED) is 0.159. The van der Waals surface area contributed by atoms with Gasteiger partial charge in [-0.1, -0.05) is 75.9 Å². The minimum Gasteiger partial charge on any atom is -0.459 e. The Bertz CT molecular complexity index is 935. The van der Waals surface area contributed by atoms with Crippen molar-refractivity contribution in [2.45, 2.75) is 70.7 Å². The molecule has 176 valence electrons. The van der Waals surface area contributed by atoms with Crippen LogP contribution in [0.15, 0.2) is 76.9 Å². The molecule has 0 saturated carbocycles. The van der Waals surface area contributed by atoms with Gasteiger partial charge in [0.2, 0.25) is 0 Å². The van der Waals surface area contributed by atoms with Crippen LogP contribution in [0.2, 0.25) is 0 Å². The van der Waals surface area contributed by atoms with Gasteiger partial charge in [-0.3, -0.25) is 0 Å².